The third kappa shape index (κ3) is 2.60. The predicted molar refractivity (Wildman–Crippen MR) is 102 cm³/mol. The number of nitrogens with zero attached hydrogens (tertiary/aromatic N) is 2. The topological polar surface area (TPSA) is 7.76 Å². The Morgan fingerprint density at radius 1 is 0.720 bits per heavy atom. The summed E-state index contributed by atoms with van der Waals surface area (Å²) < 4.78 is 4.50. The molecule has 0 radical (unpaired) electrons. The first-order valence-corrected chi connectivity index (χ1v) is 8.59. The Labute approximate surface area is 148 Å². The van der Waals surface area contributed by atoms with Gasteiger partial charge in [-0.15, -0.1) is 0 Å². The maximum absolute atomic E-state index is 2.32. The molecule has 0 aliphatic heterocycles. The lowest BCUT2D eigenvalue weighted by Gasteiger charge is -2.10. The van der Waals surface area contributed by atoms with Crippen molar-refractivity contribution >= 4 is 10.8 Å². The molecule has 0 amide bonds. The molecule has 0 atom stereocenters. The van der Waals surface area contributed by atoms with Gasteiger partial charge in [0.1, 0.15) is 14.1 Å². The Hall–Kier alpha value is -3.00. The fraction of sp³-hybridized carbons (Fsp3) is 0.130. The van der Waals surface area contributed by atoms with Crippen LogP contribution in [0.25, 0.3) is 33.4 Å². The largest absolute Gasteiger partial charge is 0.285 e. The van der Waals surface area contributed by atoms with Crippen LogP contribution in [0.4, 0.5) is 0 Å². The monoisotopic (exact) mass is 326 g/mol. The lowest BCUT2D eigenvalue weighted by atomic mass is 9.99. The standard InChI is InChI=1S/C23H22N2/c1-17-10-4-6-12-19(17)22-16-18-11-5-7-13-20(18)23(25(22)3)21-14-8-9-15-24(21)2/h4-16H,1-3H3/q+2. The minimum absolute atomic E-state index is 1.21. The van der Waals surface area contributed by atoms with Gasteiger partial charge in [-0.05, 0) is 36.1 Å². The number of hydrogen-bond donors (Lipinski definition) is 0. The zero-order valence-electron chi connectivity index (χ0n) is 14.9. The van der Waals surface area contributed by atoms with Crippen molar-refractivity contribution in [1.82, 2.24) is 0 Å². The van der Waals surface area contributed by atoms with E-state index in [0.717, 1.165) is 0 Å². The molecule has 0 N–H and O–H groups in total. The highest BCUT2D eigenvalue weighted by Crippen LogP contribution is 2.29. The van der Waals surface area contributed by atoms with Gasteiger partial charge in [0, 0.05) is 23.8 Å². The van der Waals surface area contributed by atoms with Gasteiger partial charge >= 0.3 is 0 Å². The normalized spacial score (nSPS) is 11.0. The van der Waals surface area contributed by atoms with Crippen LogP contribution >= 0.6 is 0 Å². The first-order valence-electron chi connectivity index (χ1n) is 8.59. The zero-order chi connectivity index (χ0) is 17.4. The van der Waals surface area contributed by atoms with Gasteiger partial charge in [0.15, 0.2) is 6.20 Å². The quantitative estimate of drug-likeness (QED) is 0.489. The van der Waals surface area contributed by atoms with E-state index in [2.05, 4.69) is 109 Å². The number of fused-ring (bicyclic) bond motifs is 1. The van der Waals surface area contributed by atoms with Crippen molar-refractivity contribution in [2.45, 2.75) is 6.92 Å². The van der Waals surface area contributed by atoms with Crippen LogP contribution in [-0.2, 0) is 14.1 Å². The minimum Gasteiger partial charge on any atom is -0.196 e. The number of hydrogen-bond acceptors (Lipinski definition) is 0. The maximum Gasteiger partial charge on any atom is 0.285 e. The van der Waals surface area contributed by atoms with Crippen molar-refractivity contribution in [3.63, 3.8) is 0 Å². The second-order valence-electron chi connectivity index (χ2n) is 6.54. The summed E-state index contributed by atoms with van der Waals surface area (Å²) in [6.45, 7) is 2.17. The van der Waals surface area contributed by atoms with E-state index in [4.69, 9.17) is 0 Å². The molecule has 4 rings (SSSR count). The molecule has 0 unspecified atom stereocenters. The Balaban J connectivity index is 2.13. The van der Waals surface area contributed by atoms with E-state index in [1.54, 1.807) is 0 Å². The fourth-order valence-electron chi connectivity index (χ4n) is 3.58. The van der Waals surface area contributed by atoms with Crippen LogP contribution in [0.15, 0.2) is 79.0 Å². The van der Waals surface area contributed by atoms with E-state index >= 15 is 0 Å². The molecule has 0 saturated heterocycles. The van der Waals surface area contributed by atoms with Gasteiger partial charge in [0.25, 0.3) is 11.4 Å². The van der Waals surface area contributed by atoms with E-state index in [-0.39, 0.29) is 0 Å². The first kappa shape index (κ1) is 15.5. The van der Waals surface area contributed by atoms with E-state index in [1.807, 2.05) is 0 Å². The second kappa shape index (κ2) is 6.14. The summed E-state index contributed by atoms with van der Waals surface area (Å²) in [7, 11) is 4.26. The van der Waals surface area contributed by atoms with Crippen LogP contribution in [0.1, 0.15) is 5.56 Å². The summed E-state index contributed by atoms with van der Waals surface area (Å²) >= 11 is 0. The van der Waals surface area contributed by atoms with E-state index < -0.39 is 0 Å². The molecule has 25 heavy (non-hydrogen) atoms. The van der Waals surface area contributed by atoms with Crippen molar-refractivity contribution in [1.29, 1.82) is 0 Å². The van der Waals surface area contributed by atoms with Crippen LogP contribution in [0.5, 0.6) is 0 Å². The number of pyridine rings is 2. The number of aromatic nitrogens is 2. The lowest BCUT2D eigenvalue weighted by molar-refractivity contribution is -0.684. The Kier molecular flexibility index (Phi) is 3.81. The number of rotatable bonds is 2. The lowest BCUT2D eigenvalue weighted by Crippen LogP contribution is -2.40. The third-order valence-corrected chi connectivity index (χ3v) is 4.92. The van der Waals surface area contributed by atoms with Crippen LogP contribution in [0.2, 0.25) is 0 Å². The first-order chi connectivity index (χ1) is 12.2. The summed E-state index contributed by atoms with van der Waals surface area (Å²) in [5.41, 5.74) is 6.24. The molecule has 0 saturated carbocycles. The van der Waals surface area contributed by atoms with Gasteiger partial charge in [-0.3, -0.25) is 0 Å². The van der Waals surface area contributed by atoms with Crippen LogP contribution < -0.4 is 9.13 Å². The van der Waals surface area contributed by atoms with Crippen LogP contribution in [0.3, 0.4) is 0 Å². The molecular weight excluding hydrogens is 304 g/mol. The average Bonchev–Trinajstić information content (AvgIpc) is 2.63. The summed E-state index contributed by atoms with van der Waals surface area (Å²) in [6, 6.07) is 25.9. The molecule has 2 aromatic heterocycles. The smallest absolute Gasteiger partial charge is 0.196 e. The summed E-state index contributed by atoms with van der Waals surface area (Å²) in [4.78, 5) is 0. The van der Waals surface area contributed by atoms with Gasteiger partial charge < -0.3 is 0 Å². The minimum atomic E-state index is 1.21. The molecule has 2 heteroatoms. The summed E-state index contributed by atoms with van der Waals surface area (Å²) in [5, 5.41) is 2.53. The SMILES string of the molecule is Cc1ccccc1-c1cc2ccccc2c(-c2cccc[n+]2C)[n+]1C. The van der Waals surface area contributed by atoms with Gasteiger partial charge in [0.2, 0.25) is 5.69 Å². The van der Waals surface area contributed by atoms with Crippen molar-refractivity contribution in [2.24, 2.45) is 14.1 Å². The van der Waals surface area contributed by atoms with Gasteiger partial charge in [0.05, 0.1) is 5.39 Å². The third-order valence-electron chi connectivity index (χ3n) is 4.92. The molecule has 2 aromatic carbocycles. The molecule has 2 nitrogen and oxygen atoms in total. The van der Waals surface area contributed by atoms with Gasteiger partial charge in [-0.2, -0.15) is 9.13 Å². The zero-order valence-corrected chi connectivity index (χ0v) is 14.9. The highest BCUT2D eigenvalue weighted by molar-refractivity contribution is 5.93. The molecule has 0 bridgehead atoms. The Morgan fingerprint density at radius 3 is 2.24 bits per heavy atom. The van der Waals surface area contributed by atoms with E-state index in [0.29, 0.717) is 0 Å². The summed E-state index contributed by atoms with van der Waals surface area (Å²) in [5.74, 6) is 0. The number of benzene rings is 2. The van der Waals surface area contributed by atoms with Gasteiger partial charge in [-0.1, -0.05) is 36.4 Å². The molecule has 0 aliphatic rings. The van der Waals surface area contributed by atoms with Crippen molar-refractivity contribution in [2.75, 3.05) is 0 Å². The van der Waals surface area contributed by atoms with Gasteiger partial charge in [-0.25, -0.2) is 0 Å². The Morgan fingerprint density at radius 2 is 1.44 bits per heavy atom. The van der Waals surface area contributed by atoms with Crippen molar-refractivity contribution in [3.8, 4) is 22.6 Å². The molecule has 0 fully saturated rings. The molecule has 122 valence electrons. The highest BCUT2D eigenvalue weighted by atomic mass is 15.0. The fourth-order valence-corrected chi connectivity index (χ4v) is 3.58. The molecule has 0 spiro atoms. The van der Waals surface area contributed by atoms with E-state index in [9.17, 15) is 0 Å². The predicted octanol–water partition coefficient (Wildman–Crippen LogP) is 4.13. The molecule has 2 heterocycles. The average molecular weight is 326 g/mol. The van der Waals surface area contributed by atoms with Crippen LogP contribution in [0, 0.1) is 6.92 Å². The Bertz CT molecular complexity index is 1080. The summed E-state index contributed by atoms with van der Waals surface area (Å²) in [6.07, 6.45) is 2.10. The van der Waals surface area contributed by atoms with E-state index in [1.165, 1.54) is 39.0 Å². The second-order valence-corrected chi connectivity index (χ2v) is 6.54. The molecular formula is C23H22N2+2. The highest BCUT2D eigenvalue weighted by Gasteiger charge is 2.26. The number of aryl methyl sites for hydroxylation is 2. The maximum atomic E-state index is 2.32. The van der Waals surface area contributed by atoms with Crippen LogP contribution in [-0.4, -0.2) is 0 Å². The van der Waals surface area contributed by atoms with Crippen molar-refractivity contribution in [3.05, 3.63) is 84.6 Å². The van der Waals surface area contributed by atoms with Crippen molar-refractivity contribution < 1.29 is 9.13 Å². The molecule has 0 aliphatic carbocycles. The molecule has 4 aromatic rings.